The van der Waals surface area contributed by atoms with Crippen LogP contribution < -0.4 is 0 Å². The molecule has 0 atom stereocenters. The number of carbonyl (C=O) groups is 1. The minimum atomic E-state index is -1.46. The van der Waals surface area contributed by atoms with Crippen molar-refractivity contribution in [3.63, 3.8) is 0 Å². The first-order valence-electron chi connectivity index (χ1n) is 7.78. The third kappa shape index (κ3) is 3.99. The Bertz CT molecular complexity index is 937. The Morgan fingerprint density at radius 2 is 1.70 bits per heavy atom. The summed E-state index contributed by atoms with van der Waals surface area (Å²) in [6.45, 7) is 2.36. The molecule has 0 spiro atoms. The SMILES string of the molecule is CCOC(=O)C(C(=N)c1ccc(F)cc1)=C(O)c1c(F)cc(F)c(F)c1C. The molecular formula is C19H15F4NO3. The van der Waals surface area contributed by atoms with Crippen LogP contribution >= 0.6 is 0 Å². The lowest BCUT2D eigenvalue weighted by Gasteiger charge is -2.14. The smallest absolute Gasteiger partial charge is 0.344 e. The van der Waals surface area contributed by atoms with Crippen molar-refractivity contribution in [2.75, 3.05) is 6.61 Å². The van der Waals surface area contributed by atoms with E-state index >= 15 is 0 Å². The minimum Gasteiger partial charge on any atom is -0.506 e. The number of halogens is 4. The molecular weight excluding hydrogens is 366 g/mol. The van der Waals surface area contributed by atoms with Crippen LogP contribution in [-0.2, 0) is 9.53 Å². The van der Waals surface area contributed by atoms with Crippen LogP contribution in [0.4, 0.5) is 17.6 Å². The molecule has 0 aromatic heterocycles. The quantitative estimate of drug-likeness (QED) is 0.201. The Labute approximate surface area is 152 Å². The second-order valence-corrected chi connectivity index (χ2v) is 5.48. The van der Waals surface area contributed by atoms with Gasteiger partial charge in [0, 0.05) is 17.2 Å². The molecule has 0 unspecified atom stereocenters. The molecule has 2 aromatic carbocycles. The highest BCUT2D eigenvalue weighted by Gasteiger charge is 2.28. The summed E-state index contributed by atoms with van der Waals surface area (Å²) in [5, 5.41) is 18.6. The number of carbonyl (C=O) groups excluding carboxylic acids is 1. The number of rotatable bonds is 5. The number of hydrogen-bond acceptors (Lipinski definition) is 4. The highest BCUT2D eigenvalue weighted by molar-refractivity contribution is 6.29. The first kappa shape index (κ1) is 20.2. The maximum atomic E-state index is 14.2. The third-order valence-electron chi connectivity index (χ3n) is 3.74. The number of esters is 1. The summed E-state index contributed by atoms with van der Waals surface area (Å²) in [6, 6.07) is 4.59. The monoisotopic (exact) mass is 381 g/mol. The fourth-order valence-electron chi connectivity index (χ4n) is 2.41. The van der Waals surface area contributed by atoms with Crippen LogP contribution in [0.1, 0.15) is 23.6 Å². The van der Waals surface area contributed by atoms with E-state index in [9.17, 15) is 27.5 Å². The summed E-state index contributed by atoms with van der Waals surface area (Å²) in [6.07, 6.45) is 0. The van der Waals surface area contributed by atoms with Crippen LogP contribution in [0.5, 0.6) is 0 Å². The van der Waals surface area contributed by atoms with Crippen molar-refractivity contribution in [2.45, 2.75) is 13.8 Å². The molecule has 142 valence electrons. The second-order valence-electron chi connectivity index (χ2n) is 5.48. The topological polar surface area (TPSA) is 70.4 Å². The van der Waals surface area contributed by atoms with Crippen molar-refractivity contribution in [3.8, 4) is 0 Å². The summed E-state index contributed by atoms with van der Waals surface area (Å²) >= 11 is 0. The summed E-state index contributed by atoms with van der Waals surface area (Å²) in [5.74, 6) is -7.05. The number of benzene rings is 2. The molecule has 27 heavy (non-hydrogen) atoms. The lowest BCUT2D eigenvalue weighted by atomic mass is 9.96. The van der Waals surface area contributed by atoms with Crippen LogP contribution in [0, 0.1) is 35.6 Å². The fraction of sp³-hybridized carbons (Fsp3) is 0.158. The van der Waals surface area contributed by atoms with Gasteiger partial charge in [-0.1, -0.05) is 0 Å². The molecule has 8 heteroatoms. The van der Waals surface area contributed by atoms with Gasteiger partial charge in [0.15, 0.2) is 11.6 Å². The molecule has 2 rings (SSSR count). The van der Waals surface area contributed by atoms with Gasteiger partial charge >= 0.3 is 5.97 Å². The van der Waals surface area contributed by atoms with Gasteiger partial charge in [-0.15, -0.1) is 0 Å². The summed E-state index contributed by atoms with van der Waals surface area (Å²) in [7, 11) is 0. The normalized spacial score (nSPS) is 11.8. The molecule has 0 heterocycles. The molecule has 0 amide bonds. The van der Waals surface area contributed by atoms with Gasteiger partial charge < -0.3 is 9.84 Å². The van der Waals surface area contributed by atoms with E-state index in [0.717, 1.165) is 19.1 Å². The van der Waals surface area contributed by atoms with Gasteiger partial charge in [-0.05, 0) is 38.1 Å². The molecule has 0 aliphatic rings. The molecule has 0 fully saturated rings. The van der Waals surface area contributed by atoms with E-state index in [2.05, 4.69) is 0 Å². The zero-order valence-electron chi connectivity index (χ0n) is 14.4. The Hall–Kier alpha value is -3.16. The standard InChI is InChI=1S/C19H15F4NO3/c1-3-27-19(26)15(17(24)10-4-6-11(20)7-5-10)18(25)14-9(2)16(23)13(22)8-12(14)21/h4-8,24-25H,3H2,1-2H3. The zero-order valence-corrected chi connectivity index (χ0v) is 14.4. The van der Waals surface area contributed by atoms with Crippen molar-refractivity contribution in [2.24, 2.45) is 0 Å². The zero-order chi connectivity index (χ0) is 20.3. The summed E-state index contributed by atoms with van der Waals surface area (Å²) in [5.41, 5.74) is -2.71. The molecule has 0 bridgehead atoms. The number of hydrogen-bond donors (Lipinski definition) is 2. The first-order chi connectivity index (χ1) is 12.7. The van der Waals surface area contributed by atoms with Gasteiger partial charge in [0.25, 0.3) is 0 Å². The van der Waals surface area contributed by atoms with Gasteiger partial charge in [0.1, 0.15) is 23.0 Å². The average Bonchev–Trinajstić information content (AvgIpc) is 2.60. The van der Waals surface area contributed by atoms with Crippen LogP contribution in [-0.4, -0.2) is 23.4 Å². The highest BCUT2D eigenvalue weighted by Crippen LogP contribution is 2.29. The van der Waals surface area contributed by atoms with E-state index in [4.69, 9.17) is 10.1 Å². The van der Waals surface area contributed by atoms with Crippen LogP contribution in [0.2, 0.25) is 0 Å². The molecule has 2 aromatic rings. The van der Waals surface area contributed by atoms with Gasteiger partial charge in [0.2, 0.25) is 0 Å². The number of aliphatic hydroxyl groups excluding tert-OH is 1. The number of aliphatic hydroxyl groups is 1. The maximum Gasteiger partial charge on any atom is 0.344 e. The second kappa shape index (κ2) is 8.03. The lowest BCUT2D eigenvalue weighted by Crippen LogP contribution is -2.19. The Kier molecular flexibility index (Phi) is 5.99. The van der Waals surface area contributed by atoms with Crippen molar-refractivity contribution >= 4 is 17.4 Å². The lowest BCUT2D eigenvalue weighted by molar-refractivity contribution is -0.137. The largest absolute Gasteiger partial charge is 0.506 e. The van der Waals surface area contributed by atoms with Crippen LogP contribution in [0.15, 0.2) is 35.9 Å². The van der Waals surface area contributed by atoms with E-state index in [1.54, 1.807) is 0 Å². The van der Waals surface area contributed by atoms with Crippen molar-refractivity contribution < 1.29 is 32.2 Å². The van der Waals surface area contributed by atoms with Gasteiger partial charge in [-0.3, -0.25) is 5.41 Å². The Balaban J connectivity index is 2.73. The molecule has 0 aliphatic heterocycles. The number of nitrogens with one attached hydrogen (secondary N) is 1. The van der Waals surface area contributed by atoms with Crippen molar-refractivity contribution in [1.82, 2.24) is 0 Å². The highest BCUT2D eigenvalue weighted by atomic mass is 19.2. The van der Waals surface area contributed by atoms with Crippen LogP contribution in [0.3, 0.4) is 0 Å². The Morgan fingerprint density at radius 3 is 2.26 bits per heavy atom. The average molecular weight is 381 g/mol. The summed E-state index contributed by atoms with van der Waals surface area (Å²) < 4.78 is 59.2. The van der Waals surface area contributed by atoms with Gasteiger partial charge in [0.05, 0.1) is 17.9 Å². The predicted molar refractivity (Wildman–Crippen MR) is 90.5 cm³/mol. The molecule has 0 radical (unpaired) electrons. The predicted octanol–water partition coefficient (Wildman–Crippen LogP) is 4.45. The maximum absolute atomic E-state index is 14.2. The van der Waals surface area contributed by atoms with Crippen molar-refractivity contribution in [1.29, 1.82) is 5.41 Å². The first-order valence-corrected chi connectivity index (χ1v) is 7.78. The fourth-order valence-corrected chi connectivity index (χ4v) is 2.41. The van der Waals surface area contributed by atoms with E-state index in [0.29, 0.717) is 0 Å². The van der Waals surface area contributed by atoms with Crippen LogP contribution in [0.25, 0.3) is 5.76 Å². The third-order valence-corrected chi connectivity index (χ3v) is 3.74. The number of ether oxygens (including phenoxy) is 1. The van der Waals surface area contributed by atoms with E-state index in [1.165, 1.54) is 19.1 Å². The van der Waals surface area contributed by atoms with E-state index in [1.807, 2.05) is 0 Å². The van der Waals surface area contributed by atoms with E-state index in [-0.39, 0.29) is 18.2 Å². The molecule has 0 saturated heterocycles. The Morgan fingerprint density at radius 1 is 1.11 bits per heavy atom. The van der Waals surface area contributed by atoms with Crippen molar-refractivity contribution in [3.05, 3.63) is 75.9 Å². The van der Waals surface area contributed by atoms with Gasteiger partial charge in [-0.2, -0.15) is 0 Å². The molecule has 2 N–H and O–H groups in total. The summed E-state index contributed by atoms with van der Waals surface area (Å²) in [4.78, 5) is 12.3. The minimum absolute atomic E-state index is 0.0200. The molecule has 0 saturated carbocycles. The molecule has 0 aliphatic carbocycles. The van der Waals surface area contributed by atoms with E-state index < -0.39 is 57.4 Å². The molecule has 4 nitrogen and oxygen atoms in total. The van der Waals surface area contributed by atoms with Gasteiger partial charge in [-0.25, -0.2) is 22.4 Å².